The molecule has 0 aliphatic carbocycles. The second-order valence-corrected chi connectivity index (χ2v) is 7.95. The molecule has 8 heteroatoms. The summed E-state index contributed by atoms with van der Waals surface area (Å²) in [4.78, 5) is 13.1. The lowest BCUT2D eigenvalue weighted by molar-refractivity contribution is 0.408. The zero-order chi connectivity index (χ0) is 22.2. The molecular formula is C24H20ClN5O2. The van der Waals surface area contributed by atoms with E-state index in [1.54, 1.807) is 22.4 Å². The lowest BCUT2D eigenvalue weighted by Crippen LogP contribution is -2.22. The topological polar surface area (TPSA) is 74.3 Å². The van der Waals surface area contributed by atoms with Crippen LogP contribution in [0.25, 0.3) is 27.8 Å². The third-order valence-electron chi connectivity index (χ3n) is 5.57. The molecule has 32 heavy (non-hydrogen) atoms. The van der Waals surface area contributed by atoms with Crippen molar-refractivity contribution in [3.8, 4) is 16.9 Å². The molecule has 0 spiro atoms. The van der Waals surface area contributed by atoms with Crippen LogP contribution in [0.5, 0.6) is 5.75 Å². The van der Waals surface area contributed by atoms with E-state index in [0.717, 1.165) is 28.1 Å². The maximum absolute atomic E-state index is 13.1. The minimum atomic E-state index is -0.201. The van der Waals surface area contributed by atoms with Gasteiger partial charge in [0.25, 0.3) is 5.56 Å². The fourth-order valence-corrected chi connectivity index (χ4v) is 4.10. The molecule has 3 aromatic heterocycles. The van der Waals surface area contributed by atoms with Crippen molar-refractivity contribution >= 4 is 28.3 Å². The van der Waals surface area contributed by atoms with E-state index in [2.05, 4.69) is 15.3 Å². The number of halogens is 1. The summed E-state index contributed by atoms with van der Waals surface area (Å²) in [7, 11) is 1.65. The molecule has 0 radical (unpaired) electrons. The van der Waals surface area contributed by atoms with Crippen molar-refractivity contribution in [2.45, 2.75) is 19.9 Å². The molecule has 0 unspecified atom stereocenters. The number of rotatable bonds is 5. The first-order chi connectivity index (χ1) is 15.6. The van der Waals surface area contributed by atoms with Crippen LogP contribution in [0.2, 0.25) is 5.02 Å². The minimum absolute atomic E-state index is 0.201. The van der Waals surface area contributed by atoms with Crippen molar-refractivity contribution in [2.75, 3.05) is 7.11 Å². The Balaban J connectivity index is 1.56. The zero-order valence-corrected chi connectivity index (χ0v) is 18.4. The van der Waals surface area contributed by atoms with Gasteiger partial charge in [0, 0.05) is 17.8 Å². The maximum atomic E-state index is 13.1. The molecule has 0 fully saturated rings. The smallest absolute Gasteiger partial charge is 0.280 e. The number of aromatic nitrogens is 5. The number of methoxy groups -OCH3 is 1. The molecule has 2 aromatic carbocycles. The zero-order valence-electron chi connectivity index (χ0n) is 17.6. The molecule has 0 bridgehead atoms. The molecule has 0 aliphatic heterocycles. The van der Waals surface area contributed by atoms with Crippen LogP contribution < -0.4 is 10.3 Å². The second kappa shape index (κ2) is 8.09. The van der Waals surface area contributed by atoms with Crippen LogP contribution in [0.1, 0.15) is 11.3 Å². The second-order valence-electron chi connectivity index (χ2n) is 7.51. The number of hydrogen-bond donors (Lipinski definition) is 0. The largest absolute Gasteiger partial charge is 0.496 e. The Kier molecular flexibility index (Phi) is 5.11. The predicted molar refractivity (Wildman–Crippen MR) is 124 cm³/mol. The summed E-state index contributed by atoms with van der Waals surface area (Å²) in [5, 5.41) is 13.9. The average Bonchev–Trinajstić information content (AvgIpc) is 3.15. The monoisotopic (exact) mass is 445 g/mol. The van der Waals surface area contributed by atoms with E-state index in [1.807, 2.05) is 61.5 Å². The summed E-state index contributed by atoms with van der Waals surface area (Å²) in [6.07, 6.45) is 2.44. The Morgan fingerprint density at radius 3 is 2.59 bits per heavy atom. The van der Waals surface area contributed by atoms with Gasteiger partial charge in [-0.3, -0.25) is 4.79 Å². The molecule has 0 amide bonds. The van der Waals surface area contributed by atoms with Crippen LogP contribution in [0.15, 0.2) is 65.6 Å². The van der Waals surface area contributed by atoms with Gasteiger partial charge >= 0.3 is 0 Å². The van der Waals surface area contributed by atoms with Crippen LogP contribution in [0, 0.1) is 6.92 Å². The van der Waals surface area contributed by atoms with Crippen molar-refractivity contribution in [1.82, 2.24) is 24.4 Å². The normalized spacial score (nSPS) is 11.3. The van der Waals surface area contributed by atoms with Crippen LogP contribution >= 0.6 is 11.6 Å². The van der Waals surface area contributed by atoms with E-state index in [9.17, 15) is 4.79 Å². The van der Waals surface area contributed by atoms with Crippen molar-refractivity contribution in [3.63, 3.8) is 0 Å². The van der Waals surface area contributed by atoms with Gasteiger partial charge in [0.05, 0.1) is 18.4 Å². The molecular weight excluding hydrogens is 426 g/mol. The quantitative estimate of drug-likeness (QED) is 0.403. The van der Waals surface area contributed by atoms with Crippen LogP contribution in [0.3, 0.4) is 0 Å². The third kappa shape index (κ3) is 3.40. The van der Waals surface area contributed by atoms with E-state index in [-0.39, 0.29) is 11.1 Å². The van der Waals surface area contributed by atoms with Gasteiger partial charge in [0.2, 0.25) is 0 Å². The summed E-state index contributed by atoms with van der Waals surface area (Å²) in [6.45, 7) is 2.42. The van der Waals surface area contributed by atoms with Gasteiger partial charge < -0.3 is 9.30 Å². The molecule has 0 N–H and O–H groups in total. The first kappa shape index (κ1) is 20.2. The number of hydrogen-bond acceptors (Lipinski definition) is 5. The van der Waals surface area contributed by atoms with E-state index in [1.165, 1.54) is 0 Å². The number of para-hydroxylation sites is 1. The summed E-state index contributed by atoms with van der Waals surface area (Å²) < 4.78 is 8.74. The van der Waals surface area contributed by atoms with Crippen molar-refractivity contribution in [2.24, 2.45) is 0 Å². The van der Waals surface area contributed by atoms with E-state index >= 15 is 0 Å². The average molecular weight is 446 g/mol. The number of ether oxygens (including phenoxy) is 1. The van der Waals surface area contributed by atoms with Crippen molar-refractivity contribution in [1.29, 1.82) is 0 Å². The summed E-state index contributed by atoms with van der Waals surface area (Å²) >= 11 is 6.03. The van der Waals surface area contributed by atoms with Crippen molar-refractivity contribution < 1.29 is 4.74 Å². The number of benzene rings is 2. The van der Waals surface area contributed by atoms with E-state index in [4.69, 9.17) is 16.3 Å². The molecule has 0 saturated carbocycles. The highest BCUT2D eigenvalue weighted by molar-refractivity contribution is 6.30. The number of aryl methyl sites for hydroxylation is 3. The van der Waals surface area contributed by atoms with E-state index in [0.29, 0.717) is 29.2 Å². The minimum Gasteiger partial charge on any atom is -0.496 e. The Labute approximate surface area is 188 Å². The lowest BCUT2D eigenvalue weighted by atomic mass is 10.1. The summed E-state index contributed by atoms with van der Waals surface area (Å²) in [5.41, 5.74) is 4.96. The van der Waals surface area contributed by atoms with Gasteiger partial charge in [-0.05, 0) is 48.7 Å². The highest BCUT2D eigenvalue weighted by Crippen LogP contribution is 2.29. The molecule has 0 saturated heterocycles. The summed E-state index contributed by atoms with van der Waals surface area (Å²) in [5.74, 6) is 0.810. The van der Waals surface area contributed by atoms with Crippen LogP contribution in [0.4, 0.5) is 0 Å². The fourth-order valence-electron chi connectivity index (χ4n) is 3.97. The summed E-state index contributed by atoms with van der Waals surface area (Å²) in [6, 6.07) is 17.2. The molecule has 0 aliphatic rings. The number of nitrogens with zero attached hydrogens (tertiary/aromatic N) is 5. The van der Waals surface area contributed by atoms with Crippen LogP contribution in [-0.2, 0) is 13.0 Å². The highest BCUT2D eigenvalue weighted by atomic mass is 35.5. The molecule has 0 atom stereocenters. The Hall–Kier alpha value is -3.71. The van der Waals surface area contributed by atoms with E-state index < -0.39 is 0 Å². The molecule has 160 valence electrons. The van der Waals surface area contributed by atoms with Gasteiger partial charge in [-0.2, -0.15) is 5.10 Å². The Morgan fingerprint density at radius 2 is 1.81 bits per heavy atom. The first-order valence-electron chi connectivity index (χ1n) is 10.2. The van der Waals surface area contributed by atoms with Gasteiger partial charge in [-0.15, -0.1) is 10.2 Å². The number of pyridine rings is 1. The standard InChI is InChI=1S/C24H20ClN5O2/c1-15-21(17-7-9-18(25)10-8-17)23-27-26-22-19(30(23)28-15)12-14-29(24(22)31)13-11-16-5-3-4-6-20(16)32-2/h3-10,12,14H,11,13H2,1-2H3. The Morgan fingerprint density at radius 1 is 1.03 bits per heavy atom. The van der Waals surface area contributed by atoms with Gasteiger partial charge in [-0.1, -0.05) is 41.9 Å². The maximum Gasteiger partial charge on any atom is 0.280 e. The molecule has 5 aromatic rings. The highest BCUT2D eigenvalue weighted by Gasteiger charge is 2.17. The van der Waals surface area contributed by atoms with Gasteiger partial charge in [0.15, 0.2) is 11.2 Å². The third-order valence-corrected chi connectivity index (χ3v) is 5.83. The predicted octanol–water partition coefficient (Wildman–Crippen LogP) is 4.32. The lowest BCUT2D eigenvalue weighted by Gasteiger charge is -2.10. The van der Waals surface area contributed by atoms with Crippen molar-refractivity contribution in [3.05, 3.63) is 87.4 Å². The first-order valence-corrected chi connectivity index (χ1v) is 10.6. The molecule has 3 heterocycles. The van der Waals surface area contributed by atoms with Gasteiger partial charge in [-0.25, -0.2) is 4.52 Å². The molecule has 5 rings (SSSR count). The van der Waals surface area contributed by atoms with Crippen LogP contribution in [-0.4, -0.2) is 31.5 Å². The molecule has 7 nitrogen and oxygen atoms in total. The SMILES string of the molecule is COc1ccccc1CCn1ccc2c(nnc3c(-c4ccc(Cl)cc4)c(C)nn32)c1=O. The van der Waals surface area contributed by atoms with Gasteiger partial charge in [0.1, 0.15) is 11.3 Å². The number of fused-ring (bicyclic) bond motifs is 3. The Bertz CT molecular complexity index is 1510. The fraction of sp³-hybridized carbons (Fsp3) is 0.167.